The number of carbonyl (C=O) groups excluding carboxylic acids is 2. The normalized spacial score (nSPS) is 15.0. The van der Waals surface area contributed by atoms with Gasteiger partial charge in [-0.25, -0.2) is 0 Å². The molecule has 1 saturated carbocycles. The van der Waals surface area contributed by atoms with Crippen LogP contribution in [0.3, 0.4) is 0 Å². The predicted molar refractivity (Wildman–Crippen MR) is 112 cm³/mol. The molecule has 27 heavy (non-hydrogen) atoms. The molecule has 1 aliphatic carbocycles. The van der Waals surface area contributed by atoms with Gasteiger partial charge in [0, 0.05) is 11.7 Å². The van der Waals surface area contributed by atoms with Crippen molar-refractivity contribution in [2.75, 3.05) is 5.32 Å². The van der Waals surface area contributed by atoms with E-state index < -0.39 is 5.41 Å². The highest BCUT2D eigenvalue weighted by molar-refractivity contribution is 6.13. The van der Waals surface area contributed by atoms with E-state index in [9.17, 15) is 9.59 Å². The number of amides is 2. The highest BCUT2D eigenvalue weighted by Gasteiger charge is 2.56. The van der Waals surface area contributed by atoms with Gasteiger partial charge in [-0.15, -0.1) is 0 Å². The summed E-state index contributed by atoms with van der Waals surface area (Å²) in [4.78, 5) is 25.7. The zero-order valence-corrected chi connectivity index (χ0v) is 17.4. The third-order valence-corrected chi connectivity index (χ3v) is 5.60. The minimum absolute atomic E-state index is 0.0870. The van der Waals surface area contributed by atoms with Crippen LogP contribution in [0.4, 0.5) is 5.69 Å². The number of rotatable bonds is 11. The summed E-state index contributed by atoms with van der Waals surface area (Å²) in [7, 11) is 0. The summed E-state index contributed by atoms with van der Waals surface area (Å²) >= 11 is 0. The van der Waals surface area contributed by atoms with Gasteiger partial charge < -0.3 is 10.6 Å². The molecule has 1 aromatic rings. The maximum atomic E-state index is 12.9. The van der Waals surface area contributed by atoms with E-state index in [2.05, 4.69) is 38.3 Å². The van der Waals surface area contributed by atoms with Crippen molar-refractivity contribution < 1.29 is 9.59 Å². The number of hydrogen-bond acceptors (Lipinski definition) is 2. The van der Waals surface area contributed by atoms with Crippen LogP contribution in [0.5, 0.6) is 0 Å². The Balaban J connectivity index is 1.96. The Hall–Kier alpha value is -1.84. The number of nitrogens with one attached hydrogen (secondary N) is 2. The number of carbonyl (C=O) groups is 2. The van der Waals surface area contributed by atoms with Crippen LogP contribution in [-0.2, 0) is 9.59 Å². The average Bonchev–Trinajstić information content (AvgIpc) is 3.46. The van der Waals surface area contributed by atoms with Gasteiger partial charge in [-0.3, -0.25) is 9.59 Å². The van der Waals surface area contributed by atoms with E-state index in [1.807, 2.05) is 24.3 Å². The van der Waals surface area contributed by atoms with Crippen LogP contribution in [0.2, 0.25) is 0 Å². The van der Waals surface area contributed by atoms with Crippen molar-refractivity contribution >= 4 is 17.5 Å². The third kappa shape index (κ3) is 5.82. The Kier molecular flexibility index (Phi) is 7.88. The van der Waals surface area contributed by atoms with Gasteiger partial charge in [-0.1, -0.05) is 65.5 Å². The Morgan fingerprint density at radius 2 is 1.52 bits per heavy atom. The fourth-order valence-corrected chi connectivity index (χ4v) is 3.40. The summed E-state index contributed by atoms with van der Waals surface area (Å²) in [5.74, 6) is 0.205. The molecule has 1 fully saturated rings. The lowest BCUT2D eigenvalue weighted by atomic mass is 9.99. The van der Waals surface area contributed by atoms with Crippen LogP contribution in [0.1, 0.15) is 90.5 Å². The molecule has 0 aromatic heterocycles. The second-order valence-corrected chi connectivity index (χ2v) is 8.27. The molecule has 0 bridgehead atoms. The molecule has 4 nitrogen and oxygen atoms in total. The van der Waals surface area contributed by atoms with Gasteiger partial charge in [-0.05, 0) is 49.3 Å². The highest BCUT2D eigenvalue weighted by Crippen LogP contribution is 2.47. The maximum Gasteiger partial charge on any atom is 0.240 e. The fourth-order valence-electron chi connectivity index (χ4n) is 3.40. The van der Waals surface area contributed by atoms with Crippen LogP contribution in [0, 0.1) is 5.41 Å². The molecule has 1 aromatic carbocycles. The van der Waals surface area contributed by atoms with Crippen LogP contribution < -0.4 is 10.6 Å². The molecule has 150 valence electrons. The molecule has 2 amide bonds. The number of hydrogen-bond donors (Lipinski definition) is 2. The first-order valence-corrected chi connectivity index (χ1v) is 10.6. The van der Waals surface area contributed by atoms with E-state index in [1.165, 1.54) is 5.56 Å². The quantitative estimate of drug-likeness (QED) is 0.511. The molecule has 0 heterocycles. The molecule has 2 N–H and O–H groups in total. The number of benzene rings is 1. The van der Waals surface area contributed by atoms with E-state index >= 15 is 0 Å². The average molecular weight is 373 g/mol. The Morgan fingerprint density at radius 3 is 1.96 bits per heavy atom. The number of anilines is 1. The lowest BCUT2D eigenvalue weighted by Crippen LogP contribution is -2.44. The van der Waals surface area contributed by atoms with Crippen molar-refractivity contribution in [1.82, 2.24) is 5.32 Å². The molecule has 1 aliphatic rings. The van der Waals surface area contributed by atoms with Gasteiger partial charge in [0.15, 0.2) is 0 Å². The molecular weight excluding hydrogens is 336 g/mol. The van der Waals surface area contributed by atoms with Gasteiger partial charge in [-0.2, -0.15) is 0 Å². The van der Waals surface area contributed by atoms with E-state index in [1.54, 1.807) is 0 Å². The molecule has 0 saturated heterocycles. The molecule has 0 aliphatic heterocycles. The first-order valence-electron chi connectivity index (χ1n) is 10.6. The summed E-state index contributed by atoms with van der Waals surface area (Å²) in [6, 6.07) is 8.10. The predicted octanol–water partition coefficient (Wildman–Crippen LogP) is 5.39. The second-order valence-electron chi connectivity index (χ2n) is 8.27. The van der Waals surface area contributed by atoms with Gasteiger partial charge in [0.1, 0.15) is 5.41 Å². The third-order valence-electron chi connectivity index (χ3n) is 5.60. The lowest BCUT2D eigenvalue weighted by molar-refractivity contribution is -0.134. The summed E-state index contributed by atoms with van der Waals surface area (Å²) in [5.41, 5.74) is 1.13. The smallest absolute Gasteiger partial charge is 0.240 e. The molecular formula is C23H36N2O2. The van der Waals surface area contributed by atoms with E-state index in [0.717, 1.165) is 44.2 Å². The summed E-state index contributed by atoms with van der Waals surface area (Å²) < 4.78 is 0. The van der Waals surface area contributed by atoms with Gasteiger partial charge in [0.2, 0.25) is 11.8 Å². The van der Waals surface area contributed by atoms with Crippen molar-refractivity contribution in [2.24, 2.45) is 5.41 Å². The van der Waals surface area contributed by atoms with E-state index in [0.29, 0.717) is 18.8 Å². The molecule has 0 unspecified atom stereocenters. The van der Waals surface area contributed by atoms with Crippen molar-refractivity contribution in [3.05, 3.63) is 29.8 Å². The van der Waals surface area contributed by atoms with E-state index in [-0.39, 0.29) is 17.9 Å². The van der Waals surface area contributed by atoms with E-state index in [4.69, 9.17) is 0 Å². The van der Waals surface area contributed by atoms with Gasteiger partial charge in [0.05, 0.1) is 0 Å². The minimum Gasteiger partial charge on any atom is -0.352 e. The van der Waals surface area contributed by atoms with Crippen LogP contribution in [0.25, 0.3) is 0 Å². The van der Waals surface area contributed by atoms with Crippen LogP contribution in [0.15, 0.2) is 24.3 Å². The lowest BCUT2D eigenvalue weighted by Gasteiger charge is -2.22. The van der Waals surface area contributed by atoms with Crippen molar-refractivity contribution in [2.45, 2.75) is 91.0 Å². The largest absolute Gasteiger partial charge is 0.352 e. The maximum absolute atomic E-state index is 12.9. The van der Waals surface area contributed by atoms with Gasteiger partial charge >= 0.3 is 0 Å². The Morgan fingerprint density at radius 1 is 0.963 bits per heavy atom. The van der Waals surface area contributed by atoms with Crippen molar-refractivity contribution in [3.63, 3.8) is 0 Å². The molecule has 0 spiro atoms. The molecule has 4 heteroatoms. The molecule has 0 radical (unpaired) electrons. The van der Waals surface area contributed by atoms with Crippen molar-refractivity contribution in [1.29, 1.82) is 0 Å². The van der Waals surface area contributed by atoms with Crippen LogP contribution in [-0.4, -0.2) is 17.9 Å². The number of unbranched alkanes of at least 4 members (excludes halogenated alkanes) is 2. The zero-order chi connectivity index (χ0) is 19.9. The monoisotopic (exact) mass is 372 g/mol. The molecule has 0 atom stereocenters. The fraction of sp³-hybridized carbons (Fsp3) is 0.652. The SMILES string of the molecule is CCCCC(CCCC)NC(=O)C1(C(=O)Nc2ccc(C(C)C)cc2)CC1. The first kappa shape index (κ1) is 21.5. The summed E-state index contributed by atoms with van der Waals surface area (Å²) in [6.45, 7) is 8.62. The van der Waals surface area contributed by atoms with Gasteiger partial charge in [0.25, 0.3) is 0 Å². The zero-order valence-electron chi connectivity index (χ0n) is 17.4. The van der Waals surface area contributed by atoms with Crippen molar-refractivity contribution in [3.8, 4) is 0 Å². The van der Waals surface area contributed by atoms with Crippen LogP contribution >= 0.6 is 0 Å². The minimum atomic E-state index is -0.868. The Bertz CT molecular complexity index is 610. The summed E-state index contributed by atoms with van der Waals surface area (Å²) in [6.07, 6.45) is 7.73. The topological polar surface area (TPSA) is 58.2 Å². The summed E-state index contributed by atoms with van der Waals surface area (Å²) in [5, 5.41) is 6.13. The highest BCUT2D eigenvalue weighted by atomic mass is 16.2. The standard InChI is InChI=1S/C23H36N2O2/c1-5-7-9-19(10-8-6-2)24-21(26)23(15-16-23)22(27)25-20-13-11-18(12-14-20)17(3)4/h11-14,17,19H,5-10,15-16H2,1-4H3,(H,24,26)(H,25,27). The second kappa shape index (κ2) is 9.91. The molecule has 2 rings (SSSR count). The first-order chi connectivity index (χ1) is 12.9. The Labute approximate surface area is 164 Å².